The van der Waals surface area contributed by atoms with Gasteiger partial charge in [-0.3, -0.25) is 14.4 Å². The number of aromatic carboxylic acids is 1. The molecule has 6 aromatic rings. The quantitative estimate of drug-likeness (QED) is 0.123. The molecule has 60 heavy (non-hydrogen) atoms. The zero-order valence-electron chi connectivity index (χ0n) is 32.4. The third-order valence-corrected chi connectivity index (χ3v) is 12.9. The summed E-state index contributed by atoms with van der Waals surface area (Å²) in [7, 11) is -4.48. The maximum Gasteiger partial charge on any atom is 0.335 e. The number of nitrogens with zero attached hydrogens (tertiary/aromatic N) is 4. The van der Waals surface area contributed by atoms with Crippen molar-refractivity contribution in [1.82, 2.24) is 24.3 Å². The van der Waals surface area contributed by atoms with Crippen LogP contribution in [0, 0.1) is 6.92 Å². The maximum absolute atomic E-state index is 14.6. The van der Waals surface area contributed by atoms with Crippen molar-refractivity contribution in [2.45, 2.75) is 51.1 Å². The van der Waals surface area contributed by atoms with E-state index in [-0.39, 0.29) is 51.1 Å². The van der Waals surface area contributed by atoms with E-state index in [0.29, 0.717) is 52.4 Å². The van der Waals surface area contributed by atoms with Crippen LogP contribution in [0.5, 0.6) is 0 Å². The van der Waals surface area contributed by atoms with Crippen LogP contribution in [0.4, 0.5) is 0 Å². The average molecular weight is 887 g/mol. The Morgan fingerprint density at radius 3 is 2.32 bits per heavy atom. The van der Waals surface area contributed by atoms with E-state index in [4.69, 9.17) is 34.8 Å². The van der Waals surface area contributed by atoms with Gasteiger partial charge in [0.2, 0.25) is 0 Å². The molecule has 0 fully saturated rings. The summed E-state index contributed by atoms with van der Waals surface area (Å²) in [6, 6.07) is 25.4. The van der Waals surface area contributed by atoms with Gasteiger partial charge in [-0.15, -0.1) is 0 Å². The lowest BCUT2D eigenvalue weighted by Gasteiger charge is -2.29. The van der Waals surface area contributed by atoms with E-state index < -0.39 is 33.7 Å². The normalized spacial score (nSPS) is 12.6. The van der Waals surface area contributed by atoms with Crippen molar-refractivity contribution in [2.24, 2.45) is 0 Å². The number of halogens is 3. The Kier molecular flexibility index (Phi) is 12.3. The van der Waals surface area contributed by atoms with Crippen LogP contribution in [-0.4, -0.2) is 69.9 Å². The molecule has 5 aromatic carbocycles. The Morgan fingerprint density at radius 1 is 0.850 bits per heavy atom. The summed E-state index contributed by atoms with van der Waals surface area (Å²) in [6.45, 7) is 4.92. The molecule has 308 valence electrons. The van der Waals surface area contributed by atoms with Crippen LogP contribution >= 0.6 is 34.8 Å². The summed E-state index contributed by atoms with van der Waals surface area (Å²) < 4.78 is 30.6. The Hall–Kier alpha value is -5.73. The average Bonchev–Trinajstić information content (AvgIpc) is 3.54. The molecule has 0 saturated carbocycles. The first-order valence-corrected chi connectivity index (χ1v) is 21.6. The highest BCUT2D eigenvalue weighted by Crippen LogP contribution is 2.31. The zero-order valence-corrected chi connectivity index (χ0v) is 35.5. The van der Waals surface area contributed by atoms with Crippen LogP contribution in [0.15, 0.2) is 102 Å². The molecular formula is C44H38Cl3N5O7S. The number of carbonyl (C=O) groups excluding carboxylic acids is 3. The van der Waals surface area contributed by atoms with E-state index in [1.807, 2.05) is 31.2 Å². The molecule has 1 aliphatic rings. The second-order valence-electron chi connectivity index (χ2n) is 14.4. The van der Waals surface area contributed by atoms with Gasteiger partial charge in [-0.05, 0) is 102 Å². The molecule has 0 aliphatic carbocycles. The number of nitrogens with one attached hydrogen (secondary N) is 1. The third kappa shape index (κ3) is 8.76. The lowest BCUT2D eigenvalue weighted by Crippen LogP contribution is -2.37. The molecule has 0 bridgehead atoms. The largest absolute Gasteiger partial charge is 0.478 e. The monoisotopic (exact) mass is 885 g/mol. The van der Waals surface area contributed by atoms with Crippen molar-refractivity contribution < 1.29 is 32.7 Å². The smallest absolute Gasteiger partial charge is 0.335 e. The Morgan fingerprint density at radius 2 is 1.58 bits per heavy atom. The lowest BCUT2D eigenvalue weighted by atomic mass is 9.98. The highest BCUT2D eigenvalue weighted by atomic mass is 35.5. The molecule has 0 unspecified atom stereocenters. The number of sulfonamides is 1. The number of benzene rings is 5. The summed E-state index contributed by atoms with van der Waals surface area (Å²) in [5, 5.41) is 15.8. The Labute approximate surface area is 361 Å². The second-order valence-corrected chi connectivity index (χ2v) is 17.3. The number of fused-ring (bicyclic) bond motifs is 2. The minimum absolute atomic E-state index is 0.0197. The van der Waals surface area contributed by atoms with Crippen molar-refractivity contribution in [3.8, 4) is 5.69 Å². The minimum atomic E-state index is -4.48. The van der Waals surface area contributed by atoms with E-state index in [2.05, 4.69) is 9.82 Å². The Balaban J connectivity index is 1.25. The van der Waals surface area contributed by atoms with Crippen LogP contribution in [0.3, 0.4) is 0 Å². The molecule has 0 radical (unpaired) electrons. The standard InChI is InChI=1S/C44H38Cl3N5O7S/c1-3-4-18-50(24-27-9-15-36(45)37(46)20-27)43(55)40-39(47)26(2)52(48-40)38-16-13-30(23-35(38)42(54)51-19-17-28-7-5-6-8-32(28)25-51)41(53)49-60(58,59)34-14-12-29-10-11-31(44(56)57)21-33(29)22-34/h5-16,20-23H,3-4,17-19,24-25H2,1-2H3,(H,49,53)(H,56,57). The predicted molar refractivity (Wildman–Crippen MR) is 230 cm³/mol. The summed E-state index contributed by atoms with van der Waals surface area (Å²) >= 11 is 19.3. The molecule has 7 rings (SSSR count). The van der Waals surface area contributed by atoms with Gasteiger partial charge in [-0.1, -0.05) is 90.6 Å². The summed E-state index contributed by atoms with van der Waals surface area (Å²) in [4.78, 5) is 57.1. The summed E-state index contributed by atoms with van der Waals surface area (Å²) in [5.74, 6) is -3.09. The first kappa shape index (κ1) is 42.4. The van der Waals surface area contributed by atoms with Crippen molar-refractivity contribution in [1.29, 1.82) is 0 Å². The molecule has 0 spiro atoms. The van der Waals surface area contributed by atoms with E-state index >= 15 is 0 Å². The number of aromatic nitrogens is 2. The number of rotatable bonds is 12. The van der Waals surface area contributed by atoms with Crippen molar-refractivity contribution in [2.75, 3.05) is 13.1 Å². The number of hydrogen-bond donors (Lipinski definition) is 2. The zero-order chi connectivity index (χ0) is 42.9. The highest BCUT2D eigenvalue weighted by Gasteiger charge is 2.30. The van der Waals surface area contributed by atoms with Crippen molar-refractivity contribution in [3.63, 3.8) is 0 Å². The maximum atomic E-state index is 14.6. The lowest BCUT2D eigenvalue weighted by molar-refractivity contribution is 0.0693. The van der Waals surface area contributed by atoms with Gasteiger partial charge >= 0.3 is 5.97 Å². The molecule has 0 saturated heterocycles. The molecular weight excluding hydrogens is 849 g/mol. The predicted octanol–water partition coefficient (Wildman–Crippen LogP) is 8.75. The van der Waals surface area contributed by atoms with Crippen LogP contribution in [-0.2, 0) is 29.5 Å². The van der Waals surface area contributed by atoms with Gasteiger partial charge in [-0.2, -0.15) is 5.10 Å². The van der Waals surface area contributed by atoms with Gasteiger partial charge in [0.05, 0.1) is 42.5 Å². The van der Waals surface area contributed by atoms with Gasteiger partial charge < -0.3 is 14.9 Å². The van der Waals surface area contributed by atoms with E-state index in [1.165, 1.54) is 53.2 Å². The molecule has 1 aromatic heterocycles. The first-order valence-electron chi connectivity index (χ1n) is 19.0. The number of carbonyl (C=O) groups is 4. The van der Waals surface area contributed by atoms with E-state index in [0.717, 1.165) is 23.1 Å². The fourth-order valence-electron chi connectivity index (χ4n) is 7.10. The minimum Gasteiger partial charge on any atom is -0.478 e. The highest BCUT2D eigenvalue weighted by molar-refractivity contribution is 7.90. The molecule has 0 atom stereocenters. The van der Waals surface area contributed by atoms with Gasteiger partial charge in [-0.25, -0.2) is 22.6 Å². The second kappa shape index (κ2) is 17.5. The summed E-state index contributed by atoms with van der Waals surface area (Å²) in [6.07, 6.45) is 2.11. The number of unbranched alkanes of at least 4 members (excludes halogenated alkanes) is 1. The summed E-state index contributed by atoms with van der Waals surface area (Å²) in [5.41, 5.74) is 3.19. The van der Waals surface area contributed by atoms with Crippen LogP contribution in [0.25, 0.3) is 16.5 Å². The number of amides is 3. The van der Waals surface area contributed by atoms with Crippen molar-refractivity contribution in [3.05, 3.63) is 157 Å². The molecule has 16 heteroatoms. The van der Waals surface area contributed by atoms with Crippen LogP contribution < -0.4 is 4.72 Å². The first-order chi connectivity index (χ1) is 28.6. The number of hydrogen-bond acceptors (Lipinski definition) is 7. The molecule has 2 N–H and O–H groups in total. The number of carboxylic acids is 1. The van der Waals surface area contributed by atoms with E-state index in [1.54, 1.807) is 41.0 Å². The third-order valence-electron chi connectivity index (χ3n) is 10.4. The molecule has 3 amide bonds. The topological polar surface area (TPSA) is 159 Å². The fraction of sp³-hybridized carbons (Fsp3) is 0.205. The van der Waals surface area contributed by atoms with Gasteiger partial charge in [0, 0.05) is 31.7 Å². The number of carboxylic acid groups (broad SMARTS) is 1. The Bertz CT molecular complexity index is 2830. The molecule has 1 aliphatic heterocycles. The van der Waals surface area contributed by atoms with Crippen LogP contribution in [0.2, 0.25) is 15.1 Å². The van der Waals surface area contributed by atoms with Crippen molar-refractivity contribution >= 4 is 79.3 Å². The van der Waals surface area contributed by atoms with Gasteiger partial charge in [0.25, 0.3) is 27.7 Å². The molecule has 2 heterocycles. The van der Waals surface area contributed by atoms with Crippen LogP contribution in [0.1, 0.15) is 83.7 Å². The van der Waals surface area contributed by atoms with Gasteiger partial charge in [0.1, 0.15) is 0 Å². The van der Waals surface area contributed by atoms with Gasteiger partial charge in [0.15, 0.2) is 5.69 Å². The molecule has 12 nitrogen and oxygen atoms in total. The fourth-order valence-corrected chi connectivity index (χ4v) is 8.63. The van der Waals surface area contributed by atoms with E-state index in [9.17, 15) is 32.7 Å². The SMILES string of the molecule is CCCCN(Cc1ccc(Cl)c(Cl)c1)C(=O)c1nn(-c2ccc(C(=O)NS(=O)(=O)c3ccc4ccc(C(=O)O)cc4c3)cc2C(=O)N2CCc3ccccc3C2)c(C)c1Cl.